The summed E-state index contributed by atoms with van der Waals surface area (Å²) in [5.41, 5.74) is 0.528. The van der Waals surface area contributed by atoms with Crippen molar-refractivity contribution in [2.75, 3.05) is 18.9 Å². The Labute approximate surface area is 181 Å². The Morgan fingerprint density at radius 3 is 2.65 bits per heavy atom. The molecular weight excluding hydrogens is 430 g/mol. The van der Waals surface area contributed by atoms with Crippen LogP contribution in [0.2, 0.25) is 0 Å². The van der Waals surface area contributed by atoms with Gasteiger partial charge in [-0.25, -0.2) is 9.59 Å². The summed E-state index contributed by atoms with van der Waals surface area (Å²) in [7, 11) is 0. The Hall–Kier alpha value is -3.12. The first-order chi connectivity index (χ1) is 14.8. The number of rotatable bonds is 10. The molecule has 2 heterocycles. The molecule has 2 aliphatic heterocycles. The monoisotopic (exact) mass is 451 g/mol. The number of carbonyl (C=O) groups is 3. The van der Waals surface area contributed by atoms with E-state index in [4.69, 9.17) is 9.84 Å². The molecule has 2 atom stereocenters. The number of nitrogens with one attached hydrogen (secondary N) is 1. The lowest BCUT2D eigenvalue weighted by Gasteiger charge is -2.43. The molecule has 0 unspecified atom stereocenters. The molecule has 0 aromatic heterocycles. The fourth-order valence-corrected chi connectivity index (χ4v) is 4.64. The summed E-state index contributed by atoms with van der Waals surface area (Å²) in [5.74, 6) is -1.42. The maximum atomic E-state index is 12.2. The topological polar surface area (TPSA) is 159 Å². The number of nitrogens with zero attached hydrogens (tertiary/aromatic N) is 2. The van der Waals surface area contributed by atoms with Gasteiger partial charge in [-0.05, 0) is 24.1 Å². The Balaban J connectivity index is 1.43. The molecule has 2 amide bonds. The van der Waals surface area contributed by atoms with Gasteiger partial charge in [-0.1, -0.05) is 0 Å². The Morgan fingerprint density at radius 2 is 2.03 bits per heavy atom. The van der Waals surface area contributed by atoms with Crippen molar-refractivity contribution in [2.45, 2.75) is 25.5 Å². The molecule has 1 saturated heterocycles. The van der Waals surface area contributed by atoms with Gasteiger partial charge in [0.2, 0.25) is 5.91 Å². The van der Waals surface area contributed by atoms with Crippen LogP contribution in [0.5, 0.6) is 0 Å². The van der Waals surface area contributed by atoms with Crippen LogP contribution in [-0.2, 0) is 20.9 Å². The number of non-ortho nitro benzene ring substituents is 1. The number of fused-ring (bicyclic) bond motifs is 1. The fourth-order valence-electron chi connectivity index (χ4n) is 3.58. The average molecular weight is 451 g/mol. The molecular formula is C19H21N3O8S. The van der Waals surface area contributed by atoms with Crippen molar-refractivity contribution in [3.05, 3.63) is 50.5 Å². The van der Waals surface area contributed by atoms with Gasteiger partial charge in [-0.2, -0.15) is 0 Å². The number of benzene rings is 1. The van der Waals surface area contributed by atoms with Crippen molar-refractivity contribution in [1.29, 1.82) is 0 Å². The molecule has 0 aliphatic carbocycles. The molecule has 0 spiro atoms. The van der Waals surface area contributed by atoms with E-state index in [9.17, 15) is 29.6 Å². The predicted octanol–water partition coefficient (Wildman–Crippen LogP) is 1.46. The molecule has 3 rings (SSSR count). The number of thioether (sulfide) groups is 1. The Morgan fingerprint density at radius 1 is 1.32 bits per heavy atom. The van der Waals surface area contributed by atoms with Crippen LogP contribution < -0.4 is 5.32 Å². The van der Waals surface area contributed by atoms with E-state index in [0.717, 1.165) is 0 Å². The van der Waals surface area contributed by atoms with Gasteiger partial charge in [0.15, 0.2) is 0 Å². The summed E-state index contributed by atoms with van der Waals surface area (Å²) >= 11 is 1.26. The molecule has 1 aromatic rings. The zero-order valence-corrected chi connectivity index (χ0v) is 17.2. The number of hydrogen-bond acceptors (Lipinski definition) is 8. The number of β-lactam (4-membered cyclic amide) rings is 1. The predicted molar refractivity (Wildman–Crippen MR) is 109 cm³/mol. The highest BCUT2D eigenvalue weighted by atomic mass is 32.2. The summed E-state index contributed by atoms with van der Waals surface area (Å²) in [6.45, 7) is 0.0483. The molecule has 1 fully saturated rings. The lowest BCUT2D eigenvalue weighted by Crippen LogP contribution is -2.58. The van der Waals surface area contributed by atoms with E-state index >= 15 is 0 Å². The maximum Gasteiger partial charge on any atom is 0.407 e. The Kier molecular flexibility index (Phi) is 7.13. The first-order valence-electron chi connectivity index (χ1n) is 9.50. The lowest BCUT2D eigenvalue weighted by molar-refractivity contribution is -0.384. The van der Waals surface area contributed by atoms with E-state index in [1.807, 2.05) is 0 Å². The van der Waals surface area contributed by atoms with Crippen molar-refractivity contribution in [1.82, 2.24) is 10.2 Å². The molecule has 31 heavy (non-hydrogen) atoms. The van der Waals surface area contributed by atoms with Gasteiger partial charge in [0.05, 0.1) is 16.9 Å². The van der Waals surface area contributed by atoms with E-state index < -0.39 is 17.0 Å². The van der Waals surface area contributed by atoms with Gasteiger partial charge in [0.1, 0.15) is 12.3 Å². The van der Waals surface area contributed by atoms with Crippen LogP contribution in [0.4, 0.5) is 10.5 Å². The summed E-state index contributed by atoms with van der Waals surface area (Å²) in [6.07, 6.45) is 0.0696. The number of hydrogen-bond donors (Lipinski definition) is 3. The summed E-state index contributed by atoms with van der Waals surface area (Å²) < 4.78 is 5.05. The highest BCUT2D eigenvalue weighted by Crippen LogP contribution is 2.46. The van der Waals surface area contributed by atoms with Crippen LogP contribution in [0, 0.1) is 16.0 Å². The number of amides is 2. The van der Waals surface area contributed by atoms with Gasteiger partial charge < -0.3 is 25.2 Å². The number of aliphatic carboxylic acids is 1. The quantitative estimate of drug-likeness (QED) is 0.207. The highest BCUT2D eigenvalue weighted by Gasteiger charge is 2.54. The van der Waals surface area contributed by atoms with Crippen molar-refractivity contribution < 1.29 is 34.3 Å². The van der Waals surface area contributed by atoms with Crippen molar-refractivity contribution in [3.63, 3.8) is 0 Å². The second-order valence-corrected chi connectivity index (χ2v) is 8.14. The number of aliphatic hydroxyl groups excluding tert-OH is 1. The average Bonchev–Trinajstić information content (AvgIpc) is 3.09. The highest BCUT2D eigenvalue weighted by molar-refractivity contribution is 8.03. The van der Waals surface area contributed by atoms with E-state index in [2.05, 4.69) is 5.32 Å². The van der Waals surface area contributed by atoms with Crippen LogP contribution in [0.25, 0.3) is 0 Å². The van der Waals surface area contributed by atoms with Crippen LogP contribution in [0.3, 0.4) is 0 Å². The minimum Gasteiger partial charge on any atom is -0.477 e. The third kappa shape index (κ3) is 4.97. The number of carboxylic acid groups (broad SMARTS) is 1. The molecule has 1 aromatic carbocycles. The minimum absolute atomic E-state index is 0.0186. The fraction of sp³-hybridized carbons (Fsp3) is 0.421. The summed E-state index contributed by atoms with van der Waals surface area (Å²) in [5, 5.41) is 31.7. The van der Waals surface area contributed by atoms with Gasteiger partial charge in [0, 0.05) is 42.4 Å². The summed E-state index contributed by atoms with van der Waals surface area (Å²) in [4.78, 5) is 47.5. The van der Waals surface area contributed by atoms with Gasteiger partial charge >= 0.3 is 12.1 Å². The molecule has 11 nitrogen and oxygen atoms in total. The molecule has 12 heteroatoms. The lowest BCUT2D eigenvalue weighted by atomic mass is 9.85. The van der Waals surface area contributed by atoms with E-state index in [1.54, 1.807) is 0 Å². The third-order valence-electron chi connectivity index (χ3n) is 5.06. The molecule has 3 N–H and O–H groups in total. The number of aliphatic hydroxyl groups is 1. The van der Waals surface area contributed by atoms with Gasteiger partial charge in [-0.3, -0.25) is 14.9 Å². The SMILES string of the molecule is O=C(NCCSC1=C(C(=O)O)N2C(=O)[C@H](CCO)[C@H]2C1)OCc1ccc([N+](=O)[O-])cc1. The third-order valence-corrected chi connectivity index (χ3v) is 6.17. The second kappa shape index (κ2) is 9.79. The van der Waals surface area contributed by atoms with E-state index in [0.29, 0.717) is 29.1 Å². The van der Waals surface area contributed by atoms with Crippen molar-refractivity contribution in [3.8, 4) is 0 Å². The van der Waals surface area contributed by atoms with Crippen LogP contribution >= 0.6 is 11.8 Å². The first-order valence-corrected chi connectivity index (χ1v) is 10.5. The molecule has 0 bridgehead atoms. The minimum atomic E-state index is -1.17. The number of alkyl carbamates (subject to hydrolysis) is 1. The number of ether oxygens (including phenoxy) is 1. The van der Waals surface area contributed by atoms with Crippen LogP contribution in [-0.4, -0.2) is 63.0 Å². The number of nitro benzene ring substituents is 1. The van der Waals surface area contributed by atoms with Crippen molar-refractivity contribution in [2.24, 2.45) is 5.92 Å². The van der Waals surface area contributed by atoms with Crippen LogP contribution in [0.15, 0.2) is 34.9 Å². The Bertz CT molecular complexity index is 917. The smallest absolute Gasteiger partial charge is 0.407 e. The standard InChI is InChI=1S/C19H21N3O8S/c23-7-5-13-14-9-15(16(18(25)26)21(14)17(13)24)31-8-6-20-19(27)30-10-11-1-3-12(4-2-11)22(28)29/h1-4,13-14,23H,5-10H2,(H,20,27)(H,25,26)/t13-,14-/m1/s1. The van der Waals surface area contributed by atoms with Crippen LogP contribution in [0.1, 0.15) is 18.4 Å². The van der Waals surface area contributed by atoms with E-state index in [1.165, 1.54) is 40.9 Å². The van der Waals surface area contributed by atoms with Crippen molar-refractivity contribution >= 4 is 35.4 Å². The summed E-state index contributed by atoms with van der Waals surface area (Å²) in [6, 6.07) is 5.41. The molecule has 0 radical (unpaired) electrons. The molecule has 2 aliphatic rings. The number of nitro groups is 1. The zero-order chi connectivity index (χ0) is 22.5. The maximum absolute atomic E-state index is 12.2. The second-order valence-electron chi connectivity index (χ2n) is 6.95. The van der Waals surface area contributed by atoms with E-state index in [-0.39, 0.29) is 49.0 Å². The number of carboxylic acids is 1. The zero-order valence-electron chi connectivity index (χ0n) is 16.4. The normalized spacial score (nSPS) is 19.6. The van der Waals surface area contributed by atoms with Gasteiger partial charge in [0.25, 0.3) is 5.69 Å². The molecule has 0 saturated carbocycles. The number of carbonyl (C=O) groups excluding carboxylic acids is 2. The largest absolute Gasteiger partial charge is 0.477 e. The molecule has 166 valence electrons. The first kappa shape index (κ1) is 22.6. The van der Waals surface area contributed by atoms with Gasteiger partial charge in [-0.15, -0.1) is 11.8 Å².